The molecule has 1 fully saturated rings. The second kappa shape index (κ2) is 7.30. The highest BCUT2D eigenvalue weighted by atomic mass is 79.9. The van der Waals surface area contributed by atoms with Gasteiger partial charge in [0.25, 0.3) is 0 Å². The highest BCUT2D eigenvalue weighted by Gasteiger charge is 2.16. The number of aryl methyl sites for hydroxylation is 1. The number of rotatable bonds is 5. The monoisotopic (exact) mass is 325 g/mol. The molecule has 0 heterocycles. The van der Waals surface area contributed by atoms with Gasteiger partial charge in [0.15, 0.2) is 0 Å². The molecule has 0 radical (unpaired) electrons. The van der Waals surface area contributed by atoms with Gasteiger partial charge >= 0.3 is 0 Å². The molecule has 1 aliphatic rings. The third-order valence-electron chi connectivity index (χ3n) is 3.87. The first-order valence-corrected chi connectivity index (χ1v) is 8.06. The molecule has 0 spiro atoms. The van der Waals surface area contributed by atoms with Gasteiger partial charge in [-0.2, -0.15) is 0 Å². The van der Waals surface area contributed by atoms with E-state index >= 15 is 0 Å². The van der Waals surface area contributed by atoms with E-state index in [0.29, 0.717) is 0 Å². The van der Waals surface area contributed by atoms with E-state index < -0.39 is 0 Å². The normalized spacial score (nSPS) is 16.6. The molecule has 2 rings (SSSR count). The molecule has 3 heteroatoms. The predicted molar refractivity (Wildman–Crippen MR) is 83.7 cm³/mol. The summed E-state index contributed by atoms with van der Waals surface area (Å²) in [5, 5.41) is 3.22. The minimum absolute atomic E-state index is 0.749. The Labute approximate surface area is 125 Å². The highest BCUT2D eigenvalue weighted by molar-refractivity contribution is 9.10. The molecule has 1 aromatic rings. The molecule has 0 atom stereocenters. The molecule has 0 amide bonds. The van der Waals surface area contributed by atoms with Crippen LogP contribution in [0.4, 0.5) is 0 Å². The van der Waals surface area contributed by atoms with Crippen molar-refractivity contribution in [3.63, 3.8) is 0 Å². The highest BCUT2D eigenvalue weighted by Crippen LogP contribution is 2.30. The SMILES string of the molecule is CNCc1cc(Br)cc(C)c1OCC1CCCCC1. The Kier molecular flexibility index (Phi) is 5.71. The Balaban J connectivity index is 2.05. The molecular formula is C16H24BrNO. The summed E-state index contributed by atoms with van der Waals surface area (Å²) in [4.78, 5) is 0. The summed E-state index contributed by atoms with van der Waals surface area (Å²) in [7, 11) is 1.97. The van der Waals surface area contributed by atoms with Gasteiger partial charge in [-0.1, -0.05) is 35.2 Å². The van der Waals surface area contributed by atoms with Gasteiger partial charge in [-0.25, -0.2) is 0 Å². The summed E-state index contributed by atoms with van der Waals surface area (Å²) >= 11 is 3.56. The van der Waals surface area contributed by atoms with Gasteiger partial charge in [0.05, 0.1) is 6.61 Å². The zero-order chi connectivity index (χ0) is 13.7. The van der Waals surface area contributed by atoms with Crippen LogP contribution in [0.3, 0.4) is 0 Å². The van der Waals surface area contributed by atoms with Gasteiger partial charge in [0.2, 0.25) is 0 Å². The Morgan fingerprint density at radius 1 is 1.26 bits per heavy atom. The van der Waals surface area contributed by atoms with Crippen LogP contribution in [0.2, 0.25) is 0 Å². The molecule has 0 bridgehead atoms. The van der Waals surface area contributed by atoms with Crippen molar-refractivity contribution in [2.75, 3.05) is 13.7 Å². The second-order valence-corrected chi connectivity index (χ2v) is 6.47. The lowest BCUT2D eigenvalue weighted by Gasteiger charge is -2.23. The fourth-order valence-corrected chi connectivity index (χ4v) is 3.50. The molecule has 0 aliphatic heterocycles. The van der Waals surface area contributed by atoms with E-state index in [0.717, 1.165) is 29.3 Å². The minimum Gasteiger partial charge on any atom is -0.493 e. The van der Waals surface area contributed by atoms with E-state index in [1.807, 2.05) is 7.05 Å². The van der Waals surface area contributed by atoms with Crippen LogP contribution in [-0.2, 0) is 6.54 Å². The predicted octanol–water partition coefficient (Wildman–Crippen LogP) is 4.44. The molecule has 1 N–H and O–H groups in total. The minimum atomic E-state index is 0.749. The van der Waals surface area contributed by atoms with Gasteiger partial charge in [-0.05, 0) is 50.4 Å². The molecule has 0 unspecified atom stereocenters. The van der Waals surface area contributed by atoms with E-state index in [1.165, 1.54) is 43.2 Å². The topological polar surface area (TPSA) is 21.3 Å². The average molecular weight is 326 g/mol. The summed E-state index contributed by atoms with van der Waals surface area (Å²) in [6, 6.07) is 4.29. The molecular weight excluding hydrogens is 302 g/mol. The maximum Gasteiger partial charge on any atom is 0.126 e. The van der Waals surface area contributed by atoms with Crippen molar-refractivity contribution < 1.29 is 4.74 Å². The lowest BCUT2D eigenvalue weighted by Crippen LogP contribution is -2.17. The first kappa shape index (κ1) is 14.9. The van der Waals surface area contributed by atoms with E-state index in [4.69, 9.17) is 4.74 Å². The maximum atomic E-state index is 6.15. The number of hydrogen-bond acceptors (Lipinski definition) is 2. The number of benzene rings is 1. The van der Waals surface area contributed by atoms with E-state index in [2.05, 4.69) is 40.3 Å². The Hall–Kier alpha value is -0.540. The van der Waals surface area contributed by atoms with E-state index in [-0.39, 0.29) is 0 Å². The van der Waals surface area contributed by atoms with Crippen LogP contribution in [0.25, 0.3) is 0 Å². The second-order valence-electron chi connectivity index (χ2n) is 5.56. The molecule has 0 saturated heterocycles. The van der Waals surface area contributed by atoms with Gasteiger partial charge in [-0.15, -0.1) is 0 Å². The lowest BCUT2D eigenvalue weighted by molar-refractivity contribution is 0.206. The molecule has 0 aromatic heterocycles. The Morgan fingerprint density at radius 3 is 2.68 bits per heavy atom. The third kappa shape index (κ3) is 4.22. The van der Waals surface area contributed by atoms with Crippen molar-refractivity contribution >= 4 is 15.9 Å². The zero-order valence-electron chi connectivity index (χ0n) is 12.0. The smallest absolute Gasteiger partial charge is 0.126 e. The van der Waals surface area contributed by atoms with Gasteiger partial charge in [0.1, 0.15) is 5.75 Å². The largest absolute Gasteiger partial charge is 0.493 e. The van der Waals surface area contributed by atoms with Crippen molar-refractivity contribution in [2.45, 2.75) is 45.6 Å². The fourth-order valence-electron chi connectivity index (χ4n) is 2.88. The van der Waals surface area contributed by atoms with Gasteiger partial charge in [0, 0.05) is 16.6 Å². The number of nitrogens with one attached hydrogen (secondary N) is 1. The van der Waals surface area contributed by atoms with Crippen LogP contribution in [-0.4, -0.2) is 13.7 Å². The number of hydrogen-bond donors (Lipinski definition) is 1. The zero-order valence-corrected chi connectivity index (χ0v) is 13.6. The quantitative estimate of drug-likeness (QED) is 0.864. The summed E-state index contributed by atoms with van der Waals surface area (Å²) in [5.41, 5.74) is 2.46. The number of halogens is 1. The summed E-state index contributed by atoms with van der Waals surface area (Å²) in [6.07, 6.45) is 6.81. The molecule has 106 valence electrons. The molecule has 2 nitrogen and oxygen atoms in total. The summed E-state index contributed by atoms with van der Waals surface area (Å²) in [5.74, 6) is 1.82. The van der Waals surface area contributed by atoms with Crippen LogP contribution in [0.1, 0.15) is 43.2 Å². The Bertz CT molecular complexity index is 413. The van der Waals surface area contributed by atoms with E-state index in [9.17, 15) is 0 Å². The van der Waals surface area contributed by atoms with Crippen LogP contribution in [0.5, 0.6) is 5.75 Å². The third-order valence-corrected chi connectivity index (χ3v) is 4.33. The molecule has 19 heavy (non-hydrogen) atoms. The van der Waals surface area contributed by atoms with Crippen LogP contribution in [0, 0.1) is 12.8 Å². The van der Waals surface area contributed by atoms with E-state index in [1.54, 1.807) is 0 Å². The van der Waals surface area contributed by atoms with Crippen molar-refractivity contribution in [1.29, 1.82) is 0 Å². The molecule has 1 aliphatic carbocycles. The summed E-state index contributed by atoms with van der Waals surface area (Å²) < 4.78 is 7.28. The molecule has 1 saturated carbocycles. The van der Waals surface area contributed by atoms with Crippen molar-refractivity contribution in [3.05, 3.63) is 27.7 Å². The lowest BCUT2D eigenvalue weighted by atomic mass is 9.90. The fraction of sp³-hybridized carbons (Fsp3) is 0.625. The summed E-state index contributed by atoms with van der Waals surface area (Å²) in [6.45, 7) is 3.85. The van der Waals surface area contributed by atoms with Crippen molar-refractivity contribution in [2.24, 2.45) is 5.92 Å². The average Bonchev–Trinajstić information content (AvgIpc) is 2.39. The van der Waals surface area contributed by atoms with Gasteiger partial charge < -0.3 is 10.1 Å². The van der Waals surface area contributed by atoms with Crippen molar-refractivity contribution in [1.82, 2.24) is 5.32 Å². The maximum absolute atomic E-state index is 6.15. The molecule has 1 aromatic carbocycles. The first-order chi connectivity index (χ1) is 9.20. The first-order valence-electron chi connectivity index (χ1n) is 7.27. The van der Waals surface area contributed by atoms with Gasteiger partial charge in [-0.3, -0.25) is 0 Å². The number of ether oxygens (including phenoxy) is 1. The van der Waals surface area contributed by atoms with Crippen LogP contribution in [0.15, 0.2) is 16.6 Å². The van der Waals surface area contributed by atoms with Crippen LogP contribution < -0.4 is 10.1 Å². The van der Waals surface area contributed by atoms with Crippen molar-refractivity contribution in [3.8, 4) is 5.75 Å². The standard InChI is InChI=1S/C16H24BrNO/c1-12-8-15(17)9-14(10-18-2)16(12)19-11-13-6-4-3-5-7-13/h8-9,13,18H,3-7,10-11H2,1-2H3. The van der Waals surface area contributed by atoms with Crippen LogP contribution >= 0.6 is 15.9 Å². The Morgan fingerprint density at radius 2 is 2.00 bits per heavy atom.